The van der Waals surface area contributed by atoms with Crippen LogP contribution in [0.15, 0.2) is 60.9 Å². The highest BCUT2D eigenvalue weighted by Gasteiger charge is 2.20. The molecule has 3 rings (SSSR count). The summed E-state index contributed by atoms with van der Waals surface area (Å²) in [4.78, 5) is 29.0. The average Bonchev–Trinajstić information content (AvgIpc) is 2.60. The number of fused-ring (bicyclic) bond motifs is 1. The van der Waals surface area contributed by atoms with E-state index < -0.39 is 11.7 Å². The molecule has 27 heavy (non-hydrogen) atoms. The van der Waals surface area contributed by atoms with E-state index >= 15 is 0 Å². The molecule has 6 heteroatoms. The average molecular weight is 363 g/mol. The third-order valence-electron chi connectivity index (χ3n) is 3.69. The molecule has 0 radical (unpaired) electrons. The number of rotatable bonds is 3. The van der Waals surface area contributed by atoms with Crippen LogP contribution in [-0.4, -0.2) is 22.6 Å². The Morgan fingerprint density at radius 3 is 2.30 bits per heavy atom. The third kappa shape index (κ3) is 4.82. The number of benzene rings is 2. The predicted octanol–water partition coefficient (Wildman–Crippen LogP) is 4.83. The van der Waals surface area contributed by atoms with Crippen molar-refractivity contribution in [1.82, 2.24) is 4.98 Å². The van der Waals surface area contributed by atoms with Crippen molar-refractivity contribution >= 4 is 34.1 Å². The molecule has 2 amide bonds. The fourth-order valence-electron chi connectivity index (χ4n) is 2.58. The molecule has 2 N–H and O–H groups in total. The molecule has 0 bridgehead atoms. The minimum absolute atomic E-state index is 0.336. The number of aromatic nitrogens is 1. The number of pyridine rings is 1. The van der Waals surface area contributed by atoms with E-state index in [0.717, 1.165) is 10.8 Å². The van der Waals surface area contributed by atoms with Crippen molar-refractivity contribution in [3.05, 3.63) is 66.5 Å². The van der Waals surface area contributed by atoms with Gasteiger partial charge in [0.15, 0.2) is 0 Å². The van der Waals surface area contributed by atoms with E-state index in [1.165, 1.54) is 0 Å². The SMILES string of the molecule is CC(C)(C)OC(=O)Nc1cc2ccccc2cc1C(=O)Nc1cccnc1. The Bertz CT molecular complexity index is 979. The number of amides is 2. The first kappa shape index (κ1) is 18.4. The van der Waals surface area contributed by atoms with Crippen molar-refractivity contribution in [3.8, 4) is 0 Å². The van der Waals surface area contributed by atoms with Crippen LogP contribution in [0.1, 0.15) is 31.1 Å². The molecule has 0 aliphatic carbocycles. The van der Waals surface area contributed by atoms with Gasteiger partial charge in [-0.05, 0) is 55.8 Å². The number of carbonyl (C=O) groups is 2. The smallest absolute Gasteiger partial charge is 0.412 e. The van der Waals surface area contributed by atoms with Gasteiger partial charge in [-0.2, -0.15) is 0 Å². The van der Waals surface area contributed by atoms with Gasteiger partial charge in [-0.25, -0.2) is 4.79 Å². The molecular weight excluding hydrogens is 342 g/mol. The van der Waals surface area contributed by atoms with Gasteiger partial charge in [0.25, 0.3) is 5.91 Å². The summed E-state index contributed by atoms with van der Waals surface area (Å²) >= 11 is 0. The molecule has 0 atom stereocenters. The molecular formula is C21H21N3O3. The first-order valence-corrected chi connectivity index (χ1v) is 8.56. The Hall–Kier alpha value is -3.41. The Kier molecular flexibility index (Phi) is 5.07. The van der Waals surface area contributed by atoms with E-state index in [-0.39, 0.29) is 5.91 Å². The minimum Gasteiger partial charge on any atom is -0.444 e. The van der Waals surface area contributed by atoms with Gasteiger partial charge in [-0.1, -0.05) is 24.3 Å². The van der Waals surface area contributed by atoms with E-state index in [9.17, 15) is 9.59 Å². The summed E-state index contributed by atoms with van der Waals surface area (Å²) in [5.41, 5.74) is 0.644. The van der Waals surface area contributed by atoms with Crippen LogP contribution < -0.4 is 10.6 Å². The maximum absolute atomic E-state index is 12.8. The molecule has 0 unspecified atom stereocenters. The zero-order valence-corrected chi connectivity index (χ0v) is 15.4. The molecule has 6 nitrogen and oxygen atoms in total. The minimum atomic E-state index is -0.640. The van der Waals surface area contributed by atoms with Gasteiger partial charge in [0.05, 0.1) is 23.1 Å². The summed E-state index contributed by atoms with van der Waals surface area (Å²) in [7, 11) is 0. The van der Waals surface area contributed by atoms with Crippen LogP contribution in [0.4, 0.5) is 16.2 Å². The molecule has 1 heterocycles. The lowest BCUT2D eigenvalue weighted by molar-refractivity contribution is 0.0636. The molecule has 0 saturated heterocycles. The van der Waals surface area contributed by atoms with Crippen LogP contribution >= 0.6 is 0 Å². The summed E-state index contributed by atoms with van der Waals surface area (Å²) in [6.07, 6.45) is 2.56. The fourth-order valence-corrected chi connectivity index (χ4v) is 2.58. The number of anilines is 2. The quantitative estimate of drug-likeness (QED) is 0.698. The van der Waals surface area contributed by atoms with Crippen molar-refractivity contribution in [2.75, 3.05) is 10.6 Å². The second kappa shape index (κ2) is 7.45. The lowest BCUT2D eigenvalue weighted by Crippen LogP contribution is -2.28. The van der Waals surface area contributed by atoms with Crippen LogP contribution in [0.25, 0.3) is 10.8 Å². The van der Waals surface area contributed by atoms with Crippen LogP contribution in [0.3, 0.4) is 0 Å². The summed E-state index contributed by atoms with van der Waals surface area (Å²) in [5, 5.41) is 7.28. The normalized spacial score (nSPS) is 11.1. The highest BCUT2D eigenvalue weighted by Crippen LogP contribution is 2.26. The zero-order valence-electron chi connectivity index (χ0n) is 15.4. The lowest BCUT2D eigenvalue weighted by Gasteiger charge is -2.20. The maximum atomic E-state index is 12.8. The second-order valence-corrected chi connectivity index (χ2v) is 7.07. The van der Waals surface area contributed by atoms with E-state index in [4.69, 9.17) is 4.74 Å². The van der Waals surface area contributed by atoms with Crippen molar-refractivity contribution in [2.24, 2.45) is 0 Å². The number of nitrogens with zero attached hydrogens (tertiary/aromatic N) is 1. The topological polar surface area (TPSA) is 80.3 Å². The molecule has 3 aromatic rings. The Balaban J connectivity index is 1.96. The van der Waals surface area contributed by atoms with Crippen molar-refractivity contribution in [1.29, 1.82) is 0 Å². The molecule has 138 valence electrons. The first-order chi connectivity index (χ1) is 12.8. The molecule has 2 aromatic carbocycles. The van der Waals surface area contributed by atoms with Gasteiger partial charge in [0.1, 0.15) is 5.60 Å². The van der Waals surface area contributed by atoms with E-state index in [0.29, 0.717) is 16.9 Å². The number of hydrogen-bond donors (Lipinski definition) is 2. The molecule has 0 spiro atoms. The molecule has 0 saturated carbocycles. The second-order valence-electron chi connectivity index (χ2n) is 7.07. The highest BCUT2D eigenvalue weighted by atomic mass is 16.6. The maximum Gasteiger partial charge on any atom is 0.412 e. The molecule has 1 aromatic heterocycles. The van der Waals surface area contributed by atoms with Crippen LogP contribution in [0, 0.1) is 0 Å². The lowest BCUT2D eigenvalue weighted by atomic mass is 10.0. The Morgan fingerprint density at radius 1 is 0.963 bits per heavy atom. The van der Waals surface area contributed by atoms with Crippen LogP contribution in [0.5, 0.6) is 0 Å². The highest BCUT2D eigenvalue weighted by molar-refractivity contribution is 6.12. The Morgan fingerprint density at radius 2 is 1.67 bits per heavy atom. The molecule has 0 aliphatic rings. The standard InChI is InChI=1S/C21H21N3O3/c1-21(2,3)27-20(26)24-18-12-15-8-5-4-7-14(15)11-17(18)19(25)23-16-9-6-10-22-13-16/h4-13H,1-3H3,(H,23,25)(H,24,26). The fraction of sp³-hybridized carbons (Fsp3) is 0.190. The third-order valence-corrected chi connectivity index (χ3v) is 3.69. The van der Waals surface area contributed by atoms with Gasteiger partial charge in [0, 0.05) is 6.20 Å². The largest absolute Gasteiger partial charge is 0.444 e. The van der Waals surface area contributed by atoms with Crippen molar-refractivity contribution < 1.29 is 14.3 Å². The van der Waals surface area contributed by atoms with E-state index in [1.807, 2.05) is 24.3 Å². The molecule has 0 fully saturated rings. The zero-order chi connectivity index (χ0) is 19.4. The summed E-state index contributed by atoms with van der Waals surface area (Å²) < 4.78 is 5.31. The summed E-state index contributed by atoms with van der Waals surface area (Å²) in [5.74, 6) is -0.347. The monoisotopic (exact) mass is 363 g/mol. The van der Waals surface area contributed by atoms with Crippen LogP contribution in [0.2, 0.25) is 0 Å². The first-order valence-electron chi connectivity index (χ1n) is 8.56. The van der Waals surface area contributed by atoms with Gasteiger partial charge < -0.3 is 10.1 Å². The number of nitrogens with one attached hydrogen (secondary N) is 2. The summed E-state index contributed by atoms with van der Waals surface area (Å²) in [6.45, 7) is 5.34. The summed E-state index contributed by atoms with van der Waals surface area (Å²) in [6, 6.07) is 14.6. The van der Waals surface area contributed by atoms with Crippen molar-refractivity contribution in [2.45, 2.75) is 26.4 Å². The van der Waals surface area contributed by atoms with Gasteiger partial charge in [-0.15, -0.1) is 0 Å². The van der Waals surface area contributed by atoms with Crippen molar-refractivity contribution in [3.63, 3.8) is 0 Å². The van der Waals surface area contributed by atoms with Gasteiger partial charge in [0.2, 0.25) is 0 Å². The van der Waals surface area contributed by atoms with E-state index in [2.05, 4.69) is 15.6 Å². The number of carbonyl (C=O) groups excluding carboxylic acids is 2. The predicted molar refractivity (Wildman–Crippen MR) is 106 cm³/mol. The van der Waals surface area contributed by atoms with E-state index in [1.54, 1.807) is 57.4 Å². The number of hydrogen-bond acceptors (Lipinski definition) is 4. The van der Waals surface area contributed by atoms with Gasteiger partial charge >= 0.3 is 6.09 Å². The van der Waals surface area contributed by atoms with Gasteiger partial charge in [-0.3, -0.25) is 15.1 Å². The molecule has 0 aliphatic heterocycles. The Labute approximate surface area is 157 Å². The number of ether oxygens (including phenoxy) is 1. The van der Waals surface area contributed by atoms with Crippen LogP contribution in [-0.2, 0) is 4.74 Å².